The fourth-order valence-electron chi connectivity index (χ4n) is 3.94. The highest BCUT2D eigenvalue weighted by Gasteiger charge is 2.25. The highest BCUT2D eigenvalue weighted by Crippen LogP contribution is 2.28. The van der Waals surface area contributed by atoms with Gasteiger partial charge in [-0.25, -0.2) is 0 Å². The molecule has 174 valence electrons. The Morgan fingerprint density at radius 1 is 1.22 bits per heavy atom. The largest absolute Gasteiger partial charge is 0.497 e. The van der Waals surface area contributed by atoms with Crippen molar-refractivity contribution in [2.45, 2.75) is 45.3 Å². The van der Waals surface area contributed by atoms with E-state index in [4.69, 9.17) is 14.2 Å². The number of hydrogen-bond acceptors (Lipinski definition) is 6. The van der Waals surface area contributed by atoms with Crippen molar-refractivity contribution < 1.29 is 19.0 Å². The second kappa shape index (κ2) is 11.8. The van der Waals surface area contributed by atoms with Crippen LogP contribution in [0, 0.1) is 6.92 Å². The van der Waals surface area contributed by atoms with Crippen LogP contribution in [0.2, 0.25) is 0 Å². The van der Waals surface area contributed by atoms with Gasteiger partial charge in [0.25, 0.3) is 5.91 Å². The zero-order valence-corrected chi connectivity index (χ0v) is 19.6. The average Bonchev–Trinajstić information content (AvgIpc) is 2.81. The van der Waals surface area contributed by atoms with Crippen LogP contribution >= 0.6 is 0 Å². The maximum Gasteiger partial charge on any atom is 0.255 e. The molecule has 1 aromatic carbocycles. The molecular weight excluding hydrogens is 406 g/mol. The Balaban J connectivity index is 1.57. The molecule has 1 fully saturated rings. The van der Waals surface area contributed by atoms with Gasteiger partial charge in [-0.1, -0.05) is 6.07 Å². The Morgan fingerprint density at radius 3 is 2.66 bits per heavy atom. The third-order valence-electron chi connectivity index (χ3n) is 5.90. The number of carbonyl (C=O) groups excluding carboxylic acids is 1. The molecule has 2 aromatic rings. The molecule has 1 unspecified atom stereocenters. The van der Waals surface area contributed by atoms with Gasteiger partial charge in [0.15, 0.2) is 0 Å². The van der Waals surface area contributed by atoms with Crippen molar-refractivity contribution in [3.63, 3.8) is 0 Å². The van der Waals surface area contributed by atoms with Crippen molar-refractivity contribution in [1.29, 1.82) is 0 Å². The third-order valence-corrected chi connectivity index (χ3v) is 5.90. The first-order valence-corrected chi connectivity index (χ1v) is 11.3. The summed E-state index contributed by atoms with van der Waals surface area (Å²) in [7, 11) is 3.22. The Morgan fingerprint density at radius 2 is 2.00 bits per heavy atom. The number of hydrogen-bond donors (Lipinski definition) is 1. The highest BCUT2D eigenvalue weighted by molar-refractivity contribution is 5.97. The molecule has 2 heterocycles. The zero-order chi connectivity index (χ0) is 22.9. The van der Waals surface area contributed by atoms with Crippen LogP contribution in [0.15, 0.2) is 36.5 Å². The summed E-state index contributed by atoms with van der Waals surface area (Å²) in [5.74, 6) is 1.07. The van der Waals surface area contributed by atoms with Gasteiger partial charge in [-0.15, -0.1) is 0 Å². The molecule has 0 spiro atoms. The quantitative estimate of drug-likeness (QED) is 0.571. The monoisotopic (exact) mass is 441 g/mol. The number of piperidine rings is 1. The molecule has 1 atom stereocenters. The molecular formula is C25H35N3O4. The predicted molar refractivity (Wildman–Crippen MR) is 125 cm³/mol. The highest BCUT2D eigenvalue weighted by atomic mass is 16.5. The van der Waals surface area contributed by atoms with Gasteiger partial charge < -0.3 is 19.5 Å². The number of methoxy groups -OCH3 is 2. The number of rotatable bonds is 10. The van der Waals surface area contributed by atoms with E-state index < -0.39 is 0 Å². The minimum atomic E-state index is -0.170. The van der Waals surface area contributed by atoms with E-state index in [9.17, 15) is 4.79 Å². The van der Waals surface area contributed by atoms with E-state index >= 15 is 0 Å². The van der Waals surface area contributed by atoms with Crippen LogP contribution < -0.4 is 14.8 Å². The smallest absolute Gasteiger partial charge is 0.255 e. The Labute approximate surface area is 191 Å². The summed E-state index contributed by atoms with van der Waals surface area (Å²) in [5, 5.41) is 2.86. The number of carbonyl (C=O) groups is 1. The van der Waals surface area contributed by atoms with Crippen LogP contribution in [0.3, 0.4) is 0 Å². The molecule has 1 aliphatic heterocycles. The lowest BCUT2D eigenvalue weighted by Gasteiger charge is -2.36. The minimum absolute atomic E-state index is 0.0635. The van der Waals surface area contributed by atoms with Gasteiger partial charge in [-0.05, 0) is 50.5 Å². The molecule has 32 heavy (non-hydrogen) atoms. The van der Waals surface area contributed by atoms with Crippen molar-refractivity contribution in [2.24, 2.45) is 0 Å². The molecule has 0 aliphatic carbocycles. The molecule has 1 aromatic heterocycles. The lowest BCUT2D eigenvalue weighted by Crippen LogP contribution is -2.44. The summed E-state index contributed by atoms with van der Waals surface area (Å²) in [4.78, 5) is 19.7. The van der Waals surface area contributed by atoms with Gasteiger partial charge in [0, 0.05) is 57.2 Å². The summed E-state index contributed by atoms with van der Waals surface area (Å²) in [6.45, 7) is 7.14. The van der Waals surface area contributed by atoms with Crippen LogP contribution in [0.5, 0.6) is 11.5 Å². The molecule has 1 saturated heterocycles. The standard InChI is InChI=1S/C25H35N3O4/c1-18-5-6-20(27-17-18)15-19(2)28-12-9-21(10-13-28)32-24-16-22(31-4)7-8-23(24)25(29)26-11-14-30-3/h5-8,16-17,19,21H,9-15H2,1-4H3,(H,26,29). The topological polar surface area (TPSA) is 72.9 Å². The van der Waals surface area contributed by atoms with Crippen LogP contribution in [0.1, 0.15) is 41.4 Å². The summed E-state index contributed by atoms with van der Waals surface area (Å²) in [6, 6.07) is 9.98. The van der Waals surface area contributed by atoms with Gasteiger partial charge in [0.1, 0.15) is 17.6 Å². The van der Waals surface area contributed by atoms with Gasteiger partial charge in [0.2, 0.25) is 0 Å². The van der Waals surface area contributed by atoms with Crippen LogP contribution in [0.4, 0.5) is 0 Å². The number of aromatic nitrogens is 1. The first kappa shape index (κ1) is 24.0. The number of pyridine rings is 1. The molecule has 3 rings (SSSR count). The fraction of sp³-hybridized carbons (Fsp3) is 0.520. The van der Waals surface area contributed by atoms with Gasteiger partial charge in [-0.2, -0.15) is 0 Å². The van der Waals surface area contributed by atoms with E-state index in [1.807, 2.05) is 6.20 Å². The molecule has 0 bridgehead atoms. The molecule has 1 amide bonds. The second-order valence-corrected chi connectivity index (χ2v) is 8.34. The van der Waals surface area contributed by atoms with E-state index in [0.29, 0.717) is 36.3 Å². The number of nitrogens with zero attached hydrogens (tertiary/aromatic N) is 2. The number of likely N-dealkylation sites (tertiary alicyclic amines) is 1. The maximum atomic E-state index is 12.6. The number of ether oxygens (including phenoxy) is 3. The summed E-state index contributed by atoms with van der Waals surface area (Å²) >= 11 is 0. The molecule has 0 saturated carbocycles. The summed E-state index contributed by atoms with van der Waals surface area (Å²) in [6.07, 6.45) is 4.75. The average molecular weight is 442 g/mol. The Bertz CT molecular complexity index is 864. The first-order valence-electron chi connectivity index (χ1n) is 11.3. The molecule has 0 radical (unpaired) electrons. The van der Waals surface area contributed by atoms with Crippen LogP contribution in [0.25, 0.3) is 0 Å². The molecule has 7 heteroatoms. The zero-order valence-electron chi connectivity index (χ0n) is 19.6. The van der Waals surface area contributed by atoms with Crippen molar-refractivity contribution in [1.82, 2.24) is 15.2 Å². The summed E-state index contributed by atoms with van der Waals surface area (Å²) in [5.41, 5.74) is 2.83. The second-order valence-electron chi connectivity index (χ2n) is 8.34. The third kappa shape index (κ3) is 6.68. The molecule has 7 nitrogen and oxygen atoms in total. The van der Waals surface area contributed by atoms with Crippen LogP contribution in [-0.2, 0) is 11.2 Å². The lowest BCUT2D eigenvalue weighted by atomic mass is 10.0. The van der Waals surface area contributed by atoms with Crippen LogP contribution in [-0.4, -0.2) is 68.4 Å². The number of aryl methyl sites for hydroxylation is 1. The summed E-state index contributed by atoms with van der Waals surface area (Å²) < 4.78 is 16.7. The number of nitrogens with one attached hydrogen (secondary N) is 1. The van der Waals surface area contributed by atoms with Crippen molar-refractivity contribution in [3.8, 4) is 11.5 Å². The SMILES string of the molecule is COCCNC(=O)c1ccc(OC)cc1OC1CCN(C(C)Cc2ccc(C)cn2)CC1. The fourth-order valence-corrected chi connectivity index (χ4v) is 3.94. The molecule has 1 N–H and O–H groups in total. The lowest BCUT2D eigenvalue weighted by molar-refractivity contribution is 0.0772. The number of benzene rings is 1. The van der Waals surface area contributed by atoms with Crippen molar-refractivity contribution in [3.05, 3.63) is 53.3 Å². The number of amides is 1. The Hall–Kier alpha value is -2.64. The van der Waals surface area contributed by atoms with Gasteiger partial charge in [-0.3, -0.25) is 14.7 Å². The van der Waals surface area contributed by atoms with E-state index in [2.05, 4.69) is 41.2 Å². The van der Waals surface area contributed by atoms with Crippen molar-refractivity contribution in [2.75, 3.05) is 40.5 Å². The van der Waals surface area contributed by atoms with E-state index in [1.54, 1.807) is 32.4 Å². The van der Waals surface area contributed by atoms with E-state index in [0.717, 1.165) is 38.0 Å². The first-order chi connectivity index (χ1) is 15.5. The molecule has 1 aliphatic rings. The predicted octanol–water partition coefficient (Wildman–Crippen LogP) is 3.25. The van der Waals surface area contributed by atoms with E-state index in [-0.39, 0.29) is 12.0 Å². The Kier molecular flexibility index (Phi) is 8.88. The normalized spacial score (nSPS) is 15.9. The van der Waals surface area contributed by atoms with Gasteiger partial charge in [0.05, 0.1) is 19.3 Å². The maximum absolute atomic E-state index is 12.6. The van der Waals surface area contributed by atoms with E-state index in [1.165, 1.54) is 5.56 Å². The van der Waals surface area contributed by atoms with Crippen molar-refractivity contribution >= 4 is 5.91 Å². The van der Waals surface area contributed by atoms with Gasteiger partial charge >= 0.3 is 0 Å². The minimum Gasteiger partial charge on any atom is -0.497 e.